The van der Waals surface area contributed by atoms with Crippen LogP contribution in [0.15, 0.2) is 76.8 Å². The van der Waals surface area contributed by atoms with E-state index in [0.29, 0.717) is 0 Å². The predicted octanol–water partition coefficient (Wildman–Crippen LogP) is 5.42. The number of carbonyl (C=O) groups is 1. The monoisotopic (exact) mass is 448 g/mol. The van der Waals surface area contributed by atoms with Gasteiger partial charge in [-0.05, 0) is 56.3 Å². The quantitative estimate of drug-likeness (QED) is 0.383. The molecule has 2 aromatic carbocycles. The SMILES string of the molecule is CC(C)ONC(=O)c1cccc(F)c1Sc1ccc2cnn(C=Cc3ccccn3)c2c1. The van der Waals surface area contributed by atoms with Crippen molar-refractivity contribution in [2.45, 2.75) is 29.7 Å². The standard InChI is InChI=1S/C24H21FN4O2S/c1-16(2)31-28-24(30)20-7-5-8-21(25)23(20)32-19-10-9-17-15-27-29(22(17)14-19)13-11-18-6-3-4-12-26-18/h3-16H,1-2H3,(H,28,30). The number of halogens is 1. The van der Waals surface area contributed by atoms with Crippen LogP contribution in [0.4, 0.5) is 4.39 Å². The first-order valence-corrected chi connectivity index (χ1v) is 10.8. The molecule has 4 rings (SSSR count). The van der Waals surface area contributed by atoms with Crippen LogP contribution >= 0.6 is 11.8 Å². The van der Waals surface area contributed by atoms with Gasteiger partial charge < -0.3 is 0 Å². The summed E-state index contributed by atoms with van der Waals surface area (Å²) in [4.78, 5) is 23.0. The zero-order valence-corrected chi connectivity index (χ0v) is 18.3. The first kappa shape index (κ1) is 21.7. The molecule has 1 amide bonds. The highest BCUT2D eigenvalue weighted by molar-refractivity contribution is 7.99. The number of hydrogen-bond donors (Lipinski definition) is 1. The third kappa shape index (κ3) is 5.04. The van der Waals surface area contributed by atoms with Gasteiger partial charge in [-0.1, -0.05) is 30.0 Å². The van der Waals surface area contributed by atoms with E-state index in [9.17, 15) is 9.18 Å². The molecule has 0 aliphatic rings. The number of aromatic nitrogens is 3. The molecule has 2 aromatic heterocycles. The zero-order chi connectivity index (χ0) is 22.5. The Hall–Kier alpha value is -3.49. The van der Waals surface area contributed by atoms with E-state index >= 15 is 0 Å². The summed E-state index contributed by atoms with van der Waals surface area (Å²) in [5, 5.41) is 5.34. The summed E-state index contributed by atoms with van der Waals surface area (Å²) in [6.45, 7) is 3.59. The summed E-state index contributed by atoms with van der Waals surface area (Å²) >= 11 is 1.18. The first-order valence-electron chi connectivity index (χ1n) is 10.00. The maximum absolute atomic E-state index is 14.7. The highest BCUT2D eigenvalue weighted by Crippen LogP contribution is 2.34. The molecule has 4 aromatic rings. The van der Waals surface area contributed by atoms with Crippen LogP contribution in [-0.4, -0.2) is 26.8 Å². The van der Waals surface area contributed by atoms with E-state index in [1.165, 1.54) is 23.9 Å². The van der Waals surface area contributed by atoms with Gasteiger partial charge in [0.05, 0.1) is 34.0 Å². The number of benzene rings is 2. The Morgan fingerprint density at radius 1 is 1.19 bits per heavy atom. The Labute approximate surface area is 189 Å². The number of nitrogens with one attached hydrogen (secondary N) is 1. The molecule has 8 heteroatoms. The second-order valence-corrected chi connectivity index (χ2v) is 8.28. The molecule has 0 radical (unpaired) electrons. The molecule has 0 saturated carbocycles. The Bertz CT molecular complexity index is 1270. The van der Waals surface area contributed by atoms with Gasteiger partial charge in [-0.25, -0.2) is 14.6 Å². The lowest BCUT2D eigenvalue weighted by Gasteiger charge is -2.12. The van der Waals surface area contributed by atoms with E-state index in [1.807, 2.05) is 48.7 Å². The van der Waals surface area contributed by atoms with E-state index in [2.05, 4.69) is 15.6 Å². The summed E-state index contributed by atoms with van der Waals surface area (Å²) in [5.74, 6) is -0.971. The number of hydroxylamine groups is 1. The molecule has 0 aliphatic heterocycles. The van der Waals surface area contributed by atoms with Gasteiger partial charge in [0, 0.05) is 22.7 Å². The molecule has 6 nitrogen and oxygen atoms in total. The third-order valence-corrected chi connectivity index (χ3v) is 5.57. The predicted molar refractivity (Wildman–Crippen MR) is 123 cm³/mol. The molecule has 0 fully saturated rings. The van der Waals surface area contributed by atoms with Gasteiger partial charge in [-0.2, -0.15) is 5.10 Å². The minimum absolute atomic E-state index is 0.189. The summed E-state index contributed by atoms with van der Waals surface area (Å²) in [7, 11) is 0. The van der Waals surface area contributed by atoms with Gasteiger partial charge in [0.25, 0.3) is 5.91 Å². The van der Waals surface area contributed by atoms with Crippen LogP contribution in [0.2, 0.25) is 0 Å². The van der Waals surface area contributed by atoms with Gasteiger partial charge in [-0.3, -0.25) is 14.6 Å². The number of hydrogen-bond acceptors (Lipinski definition) is 5. The fraction of sp³-hybridized carbons (Fsp3) is 0.125. The number of pyridine rings is 1. The first-order chi connectivity index (χ1) is 15.5. The van der Waals surface area contributed by atoms with Crippen molar-refractivity contribution in [2.24, 2.45) is 0 Å². The minimum atomic E-state index is -0.495. The fourth-order valence-corrected chi connectivity index (χ4v) is 3.94. The molecule has 0 saturated heterocycles. The lowest BCUT2D eigenvalue weighted by Crippen LogP contribution is -2.27. The van der Waals surface area contributed by atoms with Crippen molar-refractivity contribution in [1.82, 2.24) is 20.2 Å². The van der Waals surface area contributed by atoms with E-state index in [-0.39, 0.29) is 16.6 Å². The largest absolute Gasteiger partial charge is 0.276 e. The van der Waals surface area contributed by atoms with E-state index in [0.717, 1.165) is 21.5 Å². The van der Waals surface area contributed by atoms with Crippen molar-refractivity contribution in [3.63, 3.8) is 0 Å². The number of rotatable bonds is 7. The molecular formula is C24H21FN4O2S. The number of fused-ring (bicyclic) bond motifs is 1. The van der Waals surface area contributed by atoms with Crippen molar-refractivity contribution < 1.29 is 14.0 Å². The minimum Gasteiger partial charge on any atom is -0.271 e. The van der Waals surface area contributed by atoms with Crippen molar-refractivity contribution >= 4 is 40.8 Å². The second-order valence-electron chi connectivity index (χ2n) is 7.20. The van der Waals surface area contributed by atoms with Crippen LogP contribution in [0, 0.1) is 5.82 Å². The Kier molecular flexibility index (Phi) is 6.63. The van der Waals surface area contributed by atoms with Gasteiger partial charge in [0.1, 0.15) is 5.82 Å². The molecule has 162 valence electrons. The highest BCUT2D eigenvalue weighted by Gasteiger charge is 2.17. The van der Waals surface area contributed by atoms with Crippen LogP contribution in [0.3, 0.4) is 0 Å². The maximum atomic E-state index is 14.7. The molecule has 0 unspecified atom stereocenters. The summed E-state index contributed by atoms with van der Waals surface area (Å²) in [6.07, 6.45) is 6.98. The average Bonchev–Trinajstić information content (AvgIpc) is 3.20. The number of carbonyl (C=O) groups excluding carboxylic acids is 1. The van der Waals surface area contributed by atoms with Crippen molar-refractivity contribution in [2.75, 3.05) is 0 Å². The van der Waals surface area contributed by atoms with Gasteiger partial charge in [0.15, 0.2) is 0 Å². The van der Waals surface area contributed by atoms with Crippen LogP contribution in [0.5, 0.6) is 0 Å². The third-order valence-electron chi connectivity index (χ3n) is 4.46. The van der Waals surface area contributed by atoms with Crippen LogP contribution in [0.1, 0.15) is 29.9 Å². The van der Waals surface area contributed by atoms with Gasteiger partial charge in [0.2, 0.25) is 0 Å². The lowest BCUT2D eigenvalue weighted by atomic mass is 10.2. The Balaban J connectivity index is 1.63. The summed E-state index contributed by atoms with van der Waals surface area (Å²) in [5.41, 5.74) is 4.24. The molecule has 32 heavy (non-hydrogen) atoms. The molecule has 0 spiro atoms. The van der Waals surface area contributed by atoms with E-state index < -0.39 is 11.7 Å². The summed E-state index contributed by atoms with van der Waals surface area (Å²) in [6, 6.07) is 15.8. The van der Waals surface area contributed by atoms with Gasteiger partial charge in [-0.15, -0.1) is 0 Å². The highest BCUT2D eigenvalue weighted by atomic mass is 32.2. The number of amides is 1. The van der Waals surface area contributed by atoms with Crippen LogP contribution in [0.25, 0.3) is 23.2 Å². The lowest BCUT2D eigenvalue weighted by molar-refractivity contribution is -0.0000432. The topological polar surface area (TPSA) is 69.0 Å². The van der Waals surface area contributed by atoms with E-state index in [1.54, 1.807) is 37.0 Å². The van der Waals surface area contributed by atoms with Crippen molar-refractivity contribution in [1.29, 1.82) is 0 Å². The van der Waals surface area contributed by atoms with Crippen LogP contribution in [-0.2, 0) is 4.84 Å². The maximum Gasteiger partial charge on any atom is 0.276 e. The molecule has 1 N–H and O–H groups in total. The summed E-state index contributed by atoms with van der Waals surface area (Å²) < 4.78 is 16.4. The van der Waals surface area contributed by atoms with Crippen molar-refractivity contribution in [3.05, 3.63) is 84.1 Å². The second kappa shape index (κ2) is 9.76. The van der Waals surface area contributed by atoms with E-state index in [4.69, 9.17) is 4.84 Å². The Morgan fingerprint density at radius 2 is 2.06 bits per heavy atom. The smallest absolute Gasteiger partial charge is 0.271 e. The molecule has 0 aliphatic carbocycles. The van der Waals surface area contributed by atoms with Gasteiger partial charge >= 0.3 is 0 Å². The zero-order valence-electron chi connectivity index (χ0n) is 17.5. The average molecular weight is 449 g/mol. The molecular weight excluding hydrogens is 427 g/mol. The molecule has 0 bridgehead atoms. The van der Waals surface area contributed by atoms with Crippen molar-refractivity contribution in [3.8, 4) is 0 Å². The normalized spacial score (nSPS) is 11.5. The van der Waals surface area contributed by atoms with Crippen LogP contribution < -0.4 is 5.48 Å². The molecule has 0 atom stereocenters. The fourth-order valence-electron chi connectivity index (χ4n) is 2.96. The molecule has 2 heterocycles. The Morgan fingerprint density at radius 3 is 2.84 bits per heavy atom. The number of nitrogens with zero attached hydrogens (tertiary/aromatic N) is 3.